The first kappa shape index (κ1) is 11.9. The van der Waals surface area contributed by atoms with Gasteiger partial charge in [0.2, 0.25) is 0 Å². The molecule has 5 nitrogen and oxygen atoms in total. The van der Waals surface area contributed by atoms with E-state index < -0.39 is 23.6 Å². The maximum absolute atomic E-state index is 11.8. The first-order valence-electron chi connectivity index (χ1n) is 5.23. The number of carbonyl (C=O) groups excluding carboxylic acids is 2. The van der Waals surface area contributed by atoms with Gasteiger partial charge in [-0.05, 0) is 25.5 Å². The van der Waals surface area contributed by atoms with Gasteiger partial charge in [0.15, 0.2) is 0 Å². The molecule has 17 heavy (non-hydrogen) atoms. The second-order valence-corrected chi connectivity index (χ2v) is 4.19. The summed E-state index contributed by atoms with van der Waals surface area (Å²) in [6.07, 6.45) is 1.31. The van der Waals surface area contributed by atoms with Crippen LogP contribution in [0.3, 0.4) is 0 Å². The van der Waals surface area contributed by atoms with Crippen LogP contribution in [-0.4, -0.2) is 37.9 Å². The molecule has 2 heterocycles. The molecule has 0 aliphatic carbocycles. The maximum atomic E-state index is 11.8. The lowest BCUT2D eigenvalue weighted by atomic mass is 9.83. The topological polar surface area (TPSA) is 61.8 Å². The molecule has 2 atom stereocenters. The Morgan fingerprint density at radius 2 is 1.88 bits per heavy atom. The van der Waals surface area contributed by atoms with E-state index in [2.05, 4.69) is 4.74 Å². The molecule has 2 unspecified atom stereocenters. The van der Waals surface area contributed by atoms with Crippen LogP contribution in [0.4, 0.5) is 0 Å². The Bertz CT molecular complexity index is 460. The van der Waals surface area contributed by atoms with Crippen molar-refractivity contribution >= 4 is 11.9 Å². The Morgan fingerprint density at radius 1 is 1.29 bits per heavy atom. The molecule has 0 saturated heterocycles. The van der Waals surface area contributed by atoms with Crippen molar-refractivity contribution in [3.8, 4) is 0 Å². The number of fused-ring (bicyclic) bond motifs is 2. The number of ether oxygens (including phenoxy) is 3. The van der Waals surface area contributed by atoms with E-state index in [0.29, 0.717) is 0 Å². The molecular formula is C12H14O5. The lowest BCUT2D eigenvalue weighted by molar-refractivity contribution is -0.139. The van der Waals surface area contributed by atoms with E-state index in [4.69, 9.17) is 9.47 Å². The maximum Gasteiger partial charge on any atom is 0.337 e. The molecule has 92 valence electrons. The van der Waals surface area contributed by atoms with E-state index in [1.807, 2.05) is 13.0 Å². The zero-order valence-electron chi connectivity index (χ0n) is 10.2. The van der Waals surface area contributed by atoms with Crippen LogP contribution in [0.2, 0.25) is 0 Å². The van der Waals surface area contributed by atoms with Gasteiger partial charge >= 0.3 is 11.9 Å². The molecule has 0 N–H and O–H groups in total. The predicted octanol–water partition coefficient (Wildman–Crippen LogP) is 0.746. The van der Waals surface area contributed by atoms with Gasteiger partial charge in [-0.2, -0.15) is 0 Å². The summed E-state index contributed by atoms with van der Waals surface area (Å²) in [5, 5.41) is 0. The van der Waals surface area contributed by atoms with Crippen molar-refractivity contribution in [2.24, 2.45) is 0 Å². The van der Waals surface area contributed by atoms with Crippen LogP contribution in [0, 0.1) is 0 Å². The van der Waals surface area contributed by atoms with Gasteiger partial charge in [-0.1, -0.05) is 0 Å². The Morgan fingerprint density at radius 3 is 2.41 bits per heavy atom. The smallest absolute Gasteiger partial charge is 0.337 e. The van der Waals surface area contributed by atoms with E-state index >= 15 is 0 Å². The number of hydrogen-bond acceptors (Lipinski definition) is 5. The lowest BCUT2D eigenvalue weighted by Gasteiger charge is -2.24. The molecule has 5 heteroatoms. The molecule has 2 rings (SSSR count). The Kier molecular flexibility index (Phi) is 2.58. The molecule has 0 fully saturated rings. The average molecular weight is 238 g/mol. The highest BCUT2D eigenvalue weighted by Crippen LogP contribution is 2.47. The van der Waals surface area contributed by atoms with Crippen molar-refractivity contribution in [1.82, 2.24) is 0 Å². The number of rotatable bonds is 2. The van der Waals surface area contributed by atoms with Gasteiger partial charge in [0.05, 0.1) is 25.4 Å². The van der Waals surface area contributed by atoms with Crippen molar-refractivity contribution in [3.05, 3.63) is 22.8 Å². The molecule has 0 aromatic carbocycles. The highest BCUT2D eigenvalue weighted by molar-refractivity contribution is 6.05. The van der Waals surface area contributed by atoms with Crippen LogP contribution in [0.15, 0.2) is 22.8 Å². The molecule has 2 bridgehead atoms. The van der Waals surface area contributed by atoms with Crippen molar-refractivity contribution in [2.75, 3.05) is 14.2 Å². The van der Waals surface area contributed by atoms with Gasteiger partial charge in [-0.3, -0.25) is 0 Å². The van der Waals surface area contributed by atoms with Crippen LogP contribution in [0.25, 0.3) is 0 Å². The quantitative estimate of drug-likeness (QED) is 0.524. The minimum Gasteiger partial charge on any atom is -0.466 e. The third-order valence-corrected chi connectivity index (χ3v) is 3.34. The van der Waals surface area contributed by atoms with Gasteiger partial charge in [0.1, 0.15) is 11.7 Å². The number of carbonyl (C=O) groups is 2. The molecule has 0 amide bonds. The Hall–Kier alpha value is -1.62. The number of esters is 2. The second-order valence-electron chi connectivity index (χ2n) is 4.19. The van der Waals surface area contributed by atoms with Crippen LogP contribution in [-0.2, 0) is 23.8 Å². The minimum atomic E-state index is -0.874. The summed E-state index contributed by atoms with van der Waals surface area (Å²) in [5.74, 6) is -1.11. The fourth-order valence-corrected chi connectivity index (χ4v) is 2.30. The third kappa shape index (κ3) is 1.42. The largest absolute Gasteiger partial charge is 0.466 e. The summed E-state index contributed by atoms with van der Waals surface area (Å²) >= 11 is 0. The van der Waals surface area contributed by atoms with Gasteiger partial charge in [-0.25, -0.2) is 9.59 Å². The summed E-state index contributed by atoms with van der Waals surface area (Å²) in [7, 11) is 2.55. The molecule has 0 radical (unpaired) electrons. The first-order valence-corrected chi connectivity index (χ1v) is 5.23. The summed E-state index contributed by atoms with van der Waals surface area (Å²) in [4.78, 5) is 23.5. The monoisotopic (exact) mass is 238 g/mol. The fourth-order valence-electron chi connectivity index (χ4n) is 2.30. The zero-order chi connectivity index (χ0) is 12.8. The van der Waals surface area contributed by atoms with Gasteiger partial charge in [0, 0.05) is 0 Å². The van der Waals surface area contributed by atoms with Crippen molar-refractivity contribution in [2.45, 2.75) is 25.6 Å². The molecule has 0 saturated carbocycles. The number of methoxy groups -OCH3 is 2. The van der Waals surface area contributed by atoms with Crippen LogP contribution < -0.4 is 0 Å². The summed E-state index contributed by atoms with van der Waals surface area (Å²) < 4.78 is 15.1. The zero-order valence-corrected chi connectivity index (χ0v) is 10.2. The number of hydrogen-bond donors (Lipinski definition) is 0. The van der Waals surface area contributed by atoms with E-state index in [0.717, 1.165) is 5.57 Å². The second kappa shape index (κ2) is 3.70. The normalized spacial score (nSPS) is 30.4. The van der Waals surface area contributed by atoms with Crippen LogP contribution >= 0.6 is 0 Å². The molecule has 2 aliphatic heterocycles. The van der Waals surface area contributed by atoms with Gasteiger partial charge in [-0.15, -0.1) is 0 Å². The van der Waals surface area contributed by atoms with E-state index in [-0.39, 0.29) is 11.1 Å². The minimum absolute atomic E-state index is 0.243. The SMILES string of the molecule is COC(=O)C1=C(C(=O)OC)C2(C)OC1C=C2C. The first-order chi connectivity index (χ1) is 7.95. The molecule has 2 aliphatic rings. The lowest BCUT2D eigenvalue weighted by Crippen LogP contribution is -2.32. The van der Waals surface area contributed by atoms with E-state index in [1.165, 1.54) is 14.2 Å². The van der Waals surface area contributed by atoms with Crippen LogP contribution in [0.5, 0.6) is 0 Å². The van der Waals surface area contributed by atoms with E-state index in [9.17, 15) is 9.59 Å². The molecule has 0 aromatic heterocycles. The van der Waals surface area contributed by atoms with E-state index in [1.54, 1.807) is 6.92 Å². The van der Waals surface area contributed by atoms with Gasteiger partial charge < -0.3 is 14.2 Å². The van der Waals surface area contributed by atoms with Crippen molar-refractivity contribution < 1.29 is 23.8 Å². The predicted molar refractivity (Wildman–Crippen MR) is 58.1 cm³/mol. The highest BCUT2D eigenvalue weighted by atomic mass is 16.6. The molecule has 0 spiro atoms. The Labute approximate surface area is 99.0 Å². The standard InChI is InChI=1S/C12H14O5/c1-6-5-7-8(10(13)15-3)9(11(14)16-4)12(6,2)17-7/h5,7H,1-4H3. The summed E-state index contributed by atoms with van der Waals surface area (Å²) in [5.41, 5.74) is 0.515. The third-order valence-electron chi connectivity index (χ3n) is 3.34. The summed E-state index contributed by atoms with van der Waals surface area (Å²) in [6.45, 7) is 3.61. The summed E-state index contributed by atoms with van der Waals surface area (Å²) in [6, 6.07) is 0. The van der Waals surface area contributed by atoms with Crippen LogP contribution in [0.1, 0.15) is 13.8 Å². The van der Waals surface area contributed by atoms with Crippen molar-refractivity contribution in [1.29, 1.82) is 0 Å². The van der Waals surface area contributed by atoms with Crippen molar-refractivity contribution in [3.63, 3.8) is 0 Å². The highest BCUT2D eigenvalue weighted by Gasteiger charge is 2.54. The Balaban J connectivity index is 2.55. The average Bonchev–Trinajstić information content (AvgIpc) is 2.76. The molecule has 0 aromatic rings. The van der Waals surface area contributed by atoms with Gasteiger partial charge in [0.25, 0.3) is 0 Å². The molecular weight excluding hydrogens is 224 g/mol. The fraction of sp³-hybridized carbons (Fsp3) is 0.500.